The highest BCUT2D eigenvalue weighted by molar-refractivity contribution is 6.31. The van der Waals surface area contributed by atoms with Crippen LogP contribution in [0.25, 0.3) is 11.0 Å². The van der Waals surface area contributed by atoms with E-state index in [1.807, 2.05) is 4.57 Å². The maximum absolute atomic E-state index is 13.5. The van der Waals surface area contributed by atoms with Crippen molar-refractivity contribution in [1.29, 1.82) is 0 Å². The fourth-order valence-electron chi connectivity index (χ4n) is 2.84. The van der Waals surface area contributed by atoms with Crippen molar-refractivity contribution in [3.63, 3.8) is 0 Å². The number of piperazine rings is 1. The van der Waals surface area contributed by atoms with Gasteiger partial charge in [-0.3, -0.25) is 4.90 Å². The average Bonchev–Trinajstić information content (AvgIpc) is 2.71. The summed E-state index contributed by atoms with van der Waals surface area (Å²) in [7, 11) is 4.22. The molecule has 1 aromatic carbocycles. The normalized spacial score (nSPS) is 21.2. The molecule has 3 rings (SSSR count). The summed E-state index contributed by atoms with van der Waals surface area (Å²) in [6.45, 7) is 3.75. The molecule has 0 radical (unpaired) electrons. The Bertz CT molecular complexity index is 671. The van der Waals surface area contributed by atoms with Gasteiger partial charge in [0, 0.05) is 38.3 Å². The Balaban J connectivity index is 1.96. The van der Waals surface area contributed by atoms with E-state index in [1.165, 1.54) is 6.07 Å². The summed E-state index contributed by atoms with van der Waals surface area (Å²) >= 11 is 5.89. The van der Waals surface area contributed by atoms with Crippen LogP contribution in [0.4, 0.5) is 10.3 Å². The Morgan fingerprint density at radius 1 is 1.38 bits per heavy atom. The molecule has 0 bridgehead atoms. The molecule has 5 nitrogen and oxygen atoms in total. The number of aromatic nitrogens is 2. The van der Waals surface area contributed by atoms with Crippen LogP contribution in [0.2, 0.25) is 5.02 Å². The van der Waals surface area contributed by atoms with Crippen molar-refractivity contribution in [2.75, 3.05) is 39.5 Å². The lowest BCUT2D eigenvalue weighted by Crippen LogP contribution is -2.51. The molecule has 1 atom stereocenters. The van der Waals surface area contributed by atoms with E-state index in [9.17, 15) is 4.39 Å². The zero-order valence-corrected chi connectivity index (χ0v) is 12.9. The first kappa shape index (κ1) is 14.6. The van der Waals surface area contributed by atoms with Crippen molar-refractivity contribution in [2.24, 2.45) is 0 Å². The molecule has 2 N–H and O–H groups in total. The molecule has 114 valence electrons. The molecule has 0 saturated carbocycles. The number of hydrogen-bond acceptors (Lipinski definition) is 4. The van der Waals surface area contributed by atoms with Gasteiger partial charge in [0.25, 0.3) is 0 Å². The quantitative estimate of drug-likeness (QED) is 0.916. The van der Waals surface area contributed by atoms with E-state index in [4.69, 9.17) is 17.3 Å². The Morgan fingerprint density at radius 3 is 2.90 bits per heavy atom. The van der Waals surface area contributed by atoms with Crippen LogP contribution in [0.5, 0.6) is 0 Å². The summed E-state index contributed by atoms with van der Waals surface area (Å²) in [6.07, 6.45) is 0. The number of fused-ring (bicyclic) bond motifs is 1. The number of halogens is 2. The van der Waals surface area contributed by atoms with E-state index in [-0.39, 0.29) is 5.02 Å². The molecule has 2 heterocycles. The first-order valence-corrected chi connectivity index (χ1v) is 7.33. The monoisotopic (exact) mass is 311 g/mol. The van der Waals surface area contributed by atoms with Crippen molar-refractivity contribution in [3.8, 4) is 0 Å². The standard InChI is InChI=1S/C14H19ClFN5/c1-19-3-4-20(2)9(7-19)8-21-13-5-10(15)11(16)6-12(13)18-14(21)17/h5-6,9H,3-4,7-8H2,1-2H3,(H2,17,18). The molecule has 0 spiro atoms. The van der Waals surface area contributed by atoms with Crippen LogP contribution in [-0.2, 0) is 6.54 Å². The third-order valence-electron chi connectivity index (χ3n) is 4.19. The van der Waals surface area contributed by atoms with Crippen LogP contribution in [0, 0.1) is 5.82 Å². The van der Waals surface area contributed by atoms with Crippen molar-refractivity contribution in [3.05, 3.63) is 23.0 Å². The molecule has 1 fully saturated rings. The minimum absolute atomic E-state index is 0.0952. The van der Waals surface area contributed by atoms with Gasteiger partial charge in [-0.15, -0.1) is 0 Å². The number of imidazole rings is 1. The fourth-order valence-corrected chi connectivity index (χ4v) is 3.00. The van der Waals surface area contributed by atoms with E-state index < -0.39 is 5.82 Å². The summed E-state index contributed by atoms with van der Waals surface area (Å²) in [5.74, 6) is -0.0726. The SMILES string of the molecule is CN1CCN(C)C(Cn2c(N)nc3cc(F)c(Cl)cc32)C1. The first-order chi connectivity index (χ1) is 9.95. The zero-order chi connectivity index (χ0) is 15.1. The predicted molar refractivity (Wildman–Crippen MR) is 83.0 cm³/mol. The van der Waals surface area contributed by atoms with Gasteiger partial charge in [0.1, 0.15) is 5.82 Å². The predicted octanol–water partition coefficient (Wildman–Crippen LogP) is 1.66. The van der Waals surface area contributed by atoms with E-state index in [2.05, 4.69) is 28.9 Å². The highest BCUT2D eigenvalue weighted by atomic mass is 35.5. The first-order valence-electron chi connectivity index (χ1n) is 6.95. The number of nitrogen functional groups attached to an aromatic ring is 1. The van der Waals surface area contributed by atoms with Crippen molar-refractivity contribution < 1.29 is 4.39 Å². The molecule has 0 aliphatic carbocycles. The number of hydrogen-bond donors (Lipinski definition) is 1. The van der Waals surface area contributed by atoms with Crippen LogP contribution in [0.15, 0.2) is 12.1 Å². The molecular weight excluding hydrogens is 293 g/mol. The Kier molecular flexibility index (Phi) is 3.77. The highest BCUT2D eigenvalue weighted by Gasteiger charge is 2.24. The van der Waals surface area contributed by atoms with Gasteiger partial charge in [-0.05, 0) is 20.2 Å². The summed E-state index contributed by atoms with van der Waals surface area (Å²) < 4.78 is 15.4. The number of rotatable bonds is 2. The maximum Gasteiger partial charge on any atom is 0.201 e. The van der Waals surface area contributed by atoms with Crippen LogP contribution in [0.3, 0.4) is 0 Å². The summed E-state index contributed by atoms with van der Waals surface area (Å²) in [5.41, 5.74) is 7.33. The second-order valence-electron chi connectivity index (χ2n) is 5.73. The number of likely N-dealkylation sites (N-methyl/N-ethyl adjacent to an activating group) is 2. The minimum atomic E-state index is -0.469. The van der Waals surface area contributed by atoms with E-state index >= 15 is 0 Å². The van der Waals surface area contributed by atoms with Crippen molar-refractivity contribution in [1.82, 2.24) is 19.4 Å². The minimum Gasteiger partial charge on any atom is -0.369 e. The van der Waals surface area contributed by atoms with Crippen molar-refractivity contribution >= 4 is 28.6 Å². The Labute approximate surface area is 128 Å². The zero-order valence-electron chi connectivity index (χ0n) is 12.2. The summed E-state index contributed by atoms with van der Waals surface area (Å²) in [6, 6.07) is 3.27. The molecular formula is C14H19ClFN5. The van der Waals surface area contributed by atoms with Gasteiger partial charge in [-0.1, -0.05) is 11.6 Å². The van der Waals surface area contributed by atoms with E-state index in [0.29, 0.717) is 24.1 Å². The maximum atomic E-state index is 13.5. The molecule has 1 aliphatic rings. The molecule has 21 heavy (non-hydrogen) atoms. The summed E-state index contributed by atoms with van der Waals surface area (Å²) in [5, 5.41) is 0.0952. The molecule has 0 amide bonds. The lowest BCUT2D eigenvalue weighted by atomic mass is 10.2. The van der Waals surface area contributed by atoms with Crippen LogP contribution in [-0.4, -0.2) is 59.1 Å². The van der Waals surface area contributed by atoms with Gasteiger partial charge >= 0.3 is 0 Å². The topological polar surface area (TPSA) is 50.3 Å². The number of nitrogens with zero attached hydrogens (tertiary/aromatic N) is 4. The number of benzene rings is 1. The molecule has 1 aromatic heterocycles. The lowest BCUT2D eigenvalue weighted by molar-refractivity contribution is 0.104. The molecule has 2 aromatic rings. The smallest absolute Gasteiger partial charge is 0.201 e. The van der Waals surface area contributed by atoms with Gasteiger partial charge in [0.15, 0.2) is 0 Å². The van der Waals surface area contributed by atoms with Gasteiger partial charge in [0.2, 0.25) is 5.95 Å². The third-order valence-corrected chi connectivity index (χ3v) is 4.48. The van der Waals surface area contributed by atoms with Gasteiger partial charge in [0.05, 0.1) is 16.1 Å². The van der Waals surface area contributed by atoms with E-state index in [1.54, 1.807) is 6.07 Å². The third kappa shape index (κ3) is 2.71. The Hall–Kier alpha value is -1.37. The molecule has 1 unspecified atom stereocenters. The van der Waals surface area contributed by atoms with Crippen molar-refractivity contribution in [2.45, 2.75) is 12.6 Å². The number of nitrogens with two attached hydrogens (primary N) is 1. The second kappa shape index (κ2) is 5.44. The largest absolute Gasteiger partial charge is 0.369 e. The second-order valence-corrected chi connectivity index (χ2v) is 6.14. The van der Waals surface area contributed by atoms with Crippen LogP contribution >= 0.6 is 11.6 Å². The average molecular weight is 312 g/mol. The lowest BCUT2D eigenvalue weighted by Gasteiger charge is -2.38. The molecule has 1 saturated heterocycles. The molecule has 1 aliphatic heterocycles. The van der Waals surface area contributed by atoms with Gasteiger partial charge in [-0.2, -0.15) is 0 Å². The van der Waals surface area contributed by atoms with E-state index in [0.717, 1.165) is 25.2 Å². The van der Waals surface area contributed by atoms with Gasteiger partial charge in [-0.25, -0.2) is 9.37 Å². The highest BCUT2D eigenvalue weighted by Crippen LogP contribution is 2.25. The number of anilines is 1. The van der Waals surface area contributed by atoms with Gasteiger partial charge < -0.3 is 15.2 Å². The van der Waals surface area contributed by atoms with Crippen LogP contribution in [0.1, 0.15) is 0 Å². The Morgan fingerprint density at radius 2 is 2.14 bits per heavy atom. The van der Waals surface area contributed by atoms with Crippen LogP contribution < -0.4 is 5.73 Å². The summed E-state index contributed by atoms with van der Waals surface area (Å²) in [4.78, 5) is 8.85. The molecule has 7 heteroatoms. The fraction of sp³-hybridized carbons (Fsp3) is 0.500.